The number of nitrogens with one attached hydrogen (secondary N) is 4. The summed E-state index contributed by atoms with van der Waals surface area (Å²) in [6.45, 7) is 9.13. The van der Waals surface area contributed by atoms with E-state index in [0.717, 1.165) is 16.3 Å². The van der Waals surface area contributed by atoms with Gasteiger partial charge in [-0.3, -0.25) is 29.2 Å². The van der Waals surface area contributed by atoms with Crippen LogP contribution in [0.5, 0.6) is 0 Å². The van der Waals surface area contributed by atoms with Crippen LogP contribution < -0.4 is 16.1 Å². The molecule has 3 heterocycles. The molecule has 1 aromatic carbocycles. The lowest BCUT2D eigenvalue weighted by molar-refractivity contribution is -0.163. The van der Waals surface area contributed by atoms with Gasteiger partial charge in [-0.15, -0.1) is 0 Å². The summed E-state index contributed by atoms with van der Waals surface area (Å²) >= 11 is 0. The van der Waals surface area contributed by atoms with Crippen molar-refractivity contribution in [2.24, 2.45) is 11.8 Å². The first-order chi connectivity index (χ1) is 20.9. The van der Waals surface area contributed by atoms with E-state index < -0.39 is 36.0 Å². The summed E-state index contributed by atoms with van der Waals surface area (Å²) < 4.78 is 5.77. The normalized spacial score (nSPS) is 26.5. The molecule has 2 aromatic rings. The second-order valence-corrected chi connectivity index (χ2v) is 12.2. The fourth-order valence-corrected chi connectivity index (χ4v) is 5.45. The van der Waals surface area contributed by atoms with Crippen molar-refractivity contribution in [2.45, 2.75) is 91.0 Å². The van der Waals surface area contributed by atoms with Gasteiger partial charge in [0.05, 0.1) is 17.7 Å². The molecule has 5 bridgehead atoms. The summed E-state index contributed by atoms with van der Waals surface area (Å²) in [7, 11) is 0. The number of amides is 3. The third kappa shape index (κ3) is 8.28. The topological polar surface area (TPSA) is 154 Å². The average Bonchev–Trinajstić information content (AvgIpc) is 2.99. The van der Waals surface area contributed by atoms with Crippen LogP contribution in [0.2, 0.25) is 0 Å². The van der Waals surface area contributed by atoms with Crippen molar-refractivity contribution in [1.82, 2.24) is 26.1 Å². The van der Waals surface area contributed by atoms with Gasteiger partial charge >= 0.3 is 5.97 Å². The Bertz CT molecular complexity index is 1440. The number of pyridine rings is 1. The lowest BCUT2D eigenvalue weighted by atomic mass is 9.97. The largest absolute Gasteiger partial charge is 0.452 e. The predicted molar refractivity (Wildman–Crippen MR) is 168 cm³/mol. The van der Waals surface area contributed by atoms with Crippen LogP contribution in [0.25, 0.3) is 16.8 Å². The van der Waals surface area contributed by atoms with Crippen LogP contribution in [0, 0.1) is 17.2 Å². The molecule has 4 rings (SSSR count). The van der Waals surface area contributed by atoms with Crippen LogP contribution in [-0.4, -0.2) is 64.1 Å². The zero-order chi connectivity index (χ0) is 32.0. The molecule has 1 saturated heterocycles. The van der Waals surface area contributed by atoms with Crippen molar-refractivity contribution in [3.8, 4) is 0 Å². The maximum Gasteiger partial charge on any atom is 0.310 e. The van der Waals surface area contributed by atoms with E-state index in [0.29, 0.717) is 50.1 Å². The SMILES string of the molecule is CC(=N)CC[C@@H]1C/C=C/c2cc3cc(ccc3cn2)[C@@H](C)NC(=O)[C@@H]2CCCN(N2)C(=O)[C@H](C)NC(=O)[C@H](C(C)C)OC1=O. The fraction of sp³-hybridized carbons (Fsp3) is 0.515. The van der Waals surface area contributed by atoms with Crippen LogP contribution >= 0.6 is 0 Å². The monoisotopic (exact) mass is 604 g/mol. The summed E-state index contributed by atoms with van der Waals surface area (Å²) in [5.41, 5.74) is 5.14. The summed E-state index contributed by atoms with van der Waals surface area (Å²) in [6.07, 6.45) is 6.75. The highest BCUT2D eigenvalue weighted by molar-refractivity contribution is 5.91. The third-order valence-corrected chi connectivity index (χ3v) is 8.14. The molecule has 0 unspecified atom stereocenters. The molecular formula is C33H44N6O5. The number of hydrazine groups is 1. The average molecular weight is 605 g/mol. The Hall–Kier alpha value is -4.12. The summed E-state index contributed by atoms with van der Waals surface area (Å²) in [5, 5.41) is 16.9. The number of allylic oxidation sites excluding steroid dienone is 1. The highest BCUT2D eigenvalue weighted by atomic mass is 16.5. The maximum atomic E-state index is 13.4. The molecule has 0 radical (unpaired) electrons. The molecular weight excluding hydrogens is 560 g/mol. The van der Waals surface area contributed by atoms with Gasteiger partial charge in [-0.1, -0.05) is 32.1 Å². The lowest BCUT2D eigenvalue weighted by Gasteiger charge is -2.35. The molecule has 0 aliphatic carbocycles. The molecule has 11 nitrogen and oxygen atoms in total. The smallest absolute Gasteiger partial charge is 0.310 e. The van der Waals surface area contributed by atoms with Gasteiger partial charge in [0.25, 0.3) is 11.8 Å². The van der Waals surface area contributed by atoms with E-state index in [9.17, 15) is 19.2 Å². The number of cyclic esters (lactones) is 1. The number of nitrogens with zero attached hydrogens (tertiary/aromatic N) is 2. The molecule has 0 spiro atoms. The first-order valence-electron chi connectivity index (χ1n) is 15.4. The molecule has 1 fully saturated rings. The Morgan fingerprint density at radius 3 is 2.55 bits per heavy atom. The first kappa shape index (κ1) is 32.8. The number of aromatic nitrogens is 1. The summed E-state index contributed by atoms with van der Waals surface area (Å²) in [5.74, 6) is -2.60. The summed E-state index contributed by atoms with van der Waals surface area (Å²) in [4.78, 5) is 57.8. The van der Waals surface area contributed by atoms with Crippen molar-refractivity contribution in [3.05, 3.63) is 47.8 Å². The van der Waals surface area contributed by atoms with E-state index in [1.165, 1.54) is 5.01 Å². The van der Waals surface area contributed by atoms with Crippen LogP contribution in [0.15, 0.2) is 36.5 Å². The van der Waals surface area contributed by atoms with E-state index >= 15 is 0 Å². The number of benzene rings is 1. The van der Waals surface area contributed by atoms with E-state index in [-0.39, 0.29) is 23.8 Å². The van der Waals surface area contributed by atoms with Crippen LogP contribution in [0.3, 0.4) is 0 Å². The summed E-state index contributed by atoms with van der Waals surface area (Å²) in [6, 6.07) is 6.11. The minimum Gasteiger partial charge on any atom is -0.452 e. The molecule has 236 valence electrons. The number of hydrogen-bond donors (Lipinski definition) is 4. The molecule has 44 heavy (non-hydrogen) atoms. The second kappa shape index (κ2) is 14.6. The van der Waals surface area contributed by atoms with Gasteiger partial charge < -0.3 is 20.8 Å². The highest BCUT2D eigenvalue weighted by Crippen LogP contribution is 2.23. The van der Waals surface area contributed by atoms with Crippen LogP contribution in [0.1, 0.15) is 84.0 Å². The maximum absolute atomic E-state index is 13.4. The molecule has 0 saturated carbocycles. The Kier molecular flexibility index (Phi) is 10.9. The number of rotatable bonds is 4. The Labute approximate surface area is 258 Å². The quantitative estimate of drug-likeness (QED) is 0.306. The second-order valence-electron chi connectivity index (χ2n) is 12.2. The highest BCUT2D eigenvalue weighted by Gasteiger charge is 2.34. The number of hydrogen-bond acceptors (Lipinski definition) is 8. The number of esters is 1. The standard InChI is InChI=1S/C33H44N6O5/c1-19(2)29-31(41)37-22(5)32(42)39-15-7-10-28(38-39)30(40)36-21(4)24-13-14-25-18-35-27(17-26(25)16-24)9-6-8-23(33(43)44-29)12-11-20(3)34/h6,9,13-14,16-19,21-23,28-29,34,38H,7-8,10-12,15H2,1-5H3,(H,36,40)(H,37,41)/b9-6+,34-20?/t21-,22+,23+,28+,29+/m1/s1. The minimum atomic E-state index is -1.10. The molecule has 2 aliphatic heterocycles. The van der Waals surface area contributed by atoms with Crippen molar-refractivity contribution in [2.75, 3.05) is 6.54 Å². The van der Waals surface area contributed by atoms with Gasteiger partial charge in [0.15, 0.2) is 6.10 Å². The van der Waals surface area contributed by atoms with Gasteiger partial charge in [0.2, 0.25) is 5.91 Å². The minimum absolute atomic E-state index is 0.216. The van der Waals surface area contributed by atoms with Gasteiger partial charge in [-0.05, 0) is 88.0 Å². The van der Waals surface area contributed by atoms with Gasteiger partial charge in [-0.2, -0.15) is 0 Å². The lowest BCUT2D eigenvalue weighted by Crippen LogP contribution is -2.61. The number of fused-ring (bicyclic) bond motifs is 4. The van der Waals surface area contributed by atoms with E-state index in [4.69, 9.17) is 10.1 Å². The molecule has 11 heteroatoms. The number of carbonyl (C=O) groups excluding carboxylic acids is 4. The number of ether oxygens (including phenoxy) is 1. The van der Waals surface area contributed by atoms with Gasteiger partial charge in [0.1, 0.15) is 12.1 Å². The van der Waals surface area contributed by atoms with Crippen molar-refractivity contribution >= 4 is 46.3 Å². The van der Waals surface area contributed by atoms with Gasteiger partial charge in [-0.25, -0.2) is 5.43 Å². The van der Waals surface area contributed by atoms with E-state index in [2.05, 4.69) is 21.0 Å². The molecule has 3 amide bonds. The van der Waals surface area contributed by atoms with E-state index in [1.807, 2.05) is 43.3 Å². The van der Waals surface area contributed by atoms with Crippen LogP contribution in [0.4, 0.5) is 0 Å². The van der Waals surface area contributed by atoms with Crippen molar-refractivity contribution in [1.29, 1.82) is 5.41 Å². The molecule has 2 aliphatic rings. The zero-order valence-electron chi connectivity index (χ0n) is 26.2. The number of carbonyl (C=O) groups is 4. The first-order valence-corrected chi connectivity index (χ1v) is 15.4. The predicted octanol–water partition coefficient (Wildman–Crippen LogP) is 3.83. The Morgan fingerprint density at radius 2 is 1.82 bits per heavy atom. The van der Waals surface area contributed by atoms with Crippen LogP contribution in [-0.2, 0) is 23.9 Å². The van der Waals surface area contributed by atoms with Crippen molar-refractivity contribution in [3.63, 3.8) is 0 Å². The fourth-order valence-electron chi connectivity index (χ4n) is 5.45. The molecule has 1 aromatic heterocycles. The Morgan fingerprint density at radius 1 is 1.07 bits per heavy atom. The molecule has 5 atom stereocenters. The Balaban J connectivity index is 1.67. The molecule has 4 N–H and O–H groups in total. The zero-order valence-corrected chi connectivity index (χ0v) is 26.2. The van der Waals surface area contributed by atoms with E-state index in [1.54, 1.807) is 33.9 Å². The van der Waals surface area contributed by atoms with Gasteiger partial charge in [0, 0.05) is 23.8 Å². The van der Waals surface area contributed by atoms with Crippen molar-refractivity contribution < 1.29 is 23.9 Å². The third-order valence-electron chi connectivity index (χ3n) is 8.14.